The van der Waals surface area contributed by atoms with E-state index in [9.17, 15) is 0 Å². The largest absolute Gasteiger partial charge is 0.493 e. The first kappa shape index (κ1) is 18.4. The molecule has 1 aliphatic rings. The minimum Gasteiger partial charge on any atom is -0.493 e. The summed E-state index contributed by atoms with van der Waals surface area (Å²) in [6, 6.07) is 10.5. The van der Waals surface area contributed by atoms with Crippen molar-refractivity contribution in [3.63, 3.8) is 0 Å². The van der Waals surface area contributed by atoms with Crippen molar-refractivity contribution >= 4 is 0 Å². The Kier molecular flexibility index (Phi) is 5.30. The van der Waals surface area contributed by atoms with E-state index in [4.69, 9.17) is 18.9 Å². The molecule has 4 nitrogen and oxygen atoms in total. The maximum Gasteiger partial charge on any atom is 0.161 e. The zero-order valence-corrected chi connectivity index (χ0v) is 16.5. The van der Waals surface area contributed by atoms with E-state index in [1.807, 2.05) is 6.07 Å². The van der Waals surface area contributed by atoms with Crippen molar-refractivity contribution in [2.45, 2.75) is 26.2 Å². The molecule has 0 saturated heterocycles. The predicted octanol–water partition coefficient (Wildman–Crippen LogP) is 4.68. The number of methoxy groups -OCH3 is 4. The average Bonchev–Trinajstić information content (AvgIpc) is 2.67. The number of fused-ring (bicyclic) bond motifs is 1. The molecule has 140 valence electrons. The van der Waals surface area contributed by atoms with Crippen LogP contribution >= 0.6 is 0 Å². The minimum absolute atomic E-state index is 0.272. The van der Waals surface area contributed by atoms with Gasteiger partial charge in [0.1, 0.15) is 0 Å². The molecule has 0 aliphatic heterocycles. The van der Waals surface area contributed by atoms with Crippen LogP contribution in [-0.2, 0) is 6.42 Å². The molecule has 26 heavy (non-hydrogen) atoms. The number of hydrogen-bond donors (Lipinski definition) is 0. The van der Waals surface area contributed by atoms with Crippen molar-refractivity contribution in [2.75, 3.05) is 28.4 Å². The summed E-state index contributed by atoms with van der Waals surface area (Å²) in [5.41, 5.74) is 3.86. The molecule has 0 N–H and O–H groups in total. The van der Waals surface area contributed by atoms with E-state index in [1.165, 1.54) is 16.7 Å². The molecule has 2 aromatic carbocycles. The first-order valence-corrected chi connectivity index (χ1v) is 9.00. The summed E-state index contributed by atoms with van der Waals surface area (Å²) in [5, 5.41) is 0. The van der Waals surface area contributed by atoms with Gasteiger partial charge in [-0.25, -0.2) is 0 Å². The van der Waals surface area contributed by atoms with Crippen LogP contribution < -0.4 is 18.9 Å². The van der Waals surface area contributed by atoms with Gasteiger partial charge in [-0.1, -0.05) is 19.9 Å². The lowest BCUT2D eigenvalue weighted by Gasteiger charge is -2.37. The van der Waals surface area contributed by atoms with E-state index >= 15 is 0 Å². The fraction of sp³-hybridized carbons (Fsp3) is 0.455. The van der Waals surface area contributed by atoms with Crippen molar-refractivity contribution in [3.8, 4) is 23.0 Å². The lowest BCUT2D eigenvalue weighted by Crippen LogP contribution is -2.27. The molecule has 0 heterocycles. The number of hydrogen-bond acceptors (Lipinski definition) is 4. The van der Waals surface area contributed by atoms with E-state index in [-0.39, 0.29) is 5.92 Å². The van der Waals surface area contributed by atoms with Crippen LogP contribution in [0, 0.1) is 11.8 Å². The normalized spacial score (nSPS) is 21.7. The summed E-state index contributed by atoms with van der Waals surface area (Å²) < 4.78 is 22.0. The molecule has 3 rings (SSSR count). The third-order valence-corrected chi connectivity index (χ3v) is 5.71. The highest BCUT2D eigenvalue weighted by Crippen LogP contribution is 2.47. The summed E-state index contributed by atoms with van der Waals surface area (Å²) >= 11 is 0. The Hall–Kier alpha value is -2.36. The highest BCUT2D eigenvalue weighted by Gasteiger charge is 2.34. The van der Waals surface area contributed by atoms with Crippen molar-refractivity contribution in [3.05, 3.63) is 47.0 Å². The van der Waals surface area contributed by atoms with Gasteiger partial charge in [-0.3, -0.25) is 0 Å². The molecule has 0 bridgehead atoms. The van der Waals surface area contributed by atoms with Crippen molar-refractivity contribution in [1.29, 1.82) is 0 Å². The Labute approximate surface area is 156 Å². The van der Waals surface area contributed by atoms with Crippen LogP contribution in [0.1, 0.15) is 36.5 Å². The highest BCUT2D eigenvalue weighted by atomic mass is 16.5. The van der Waals surface area contributed by atoms with Gasteiger partial charge in [-0.05, 0) is 59.2 Å². The van der Waals surface area contributed by atoms with E-state index < -0.39 is 0 Å². The zero-order chi connectivity index (χ0) is 18.8. The quantitative estimate of drug-likeness (QED) is 0.779. The van der Waals surface area contributed by atoms with E-state index in [0.717, 1.165) is 29.4 Å². The summed E-state index contributed by atoms with van der Waals surface area (Å²) in [6.07, 6.45) is 1.04. The Balaban J connectivity index is 2.15. The molecule has 0 saturated carbocycles. The average molecular weight is 356 g/mol. The fourth-order valence-electron chi connectivity index (χ4n) is 4.08. The van der Waals surface area contributed by atoms with Gasteiger partial charge in [-0.15, -0.1) is 0 Å². The van der Waals surface area contributed by atoms with Crippen molar-refractivity contribution in [2.24, 2.45) is 11.8 Å². The summed E-state index contributed by atoms with van der Waals surface area (Å²) in [7, 11) is 6.71. The molecule has 0 fully saturated rings. The SMILES string of the molecule is COc1ccc([C@@H]2c3cc(OC)c(OC)cc3C[C@H](C)[C@H]2C)cc1OC. The lowest BCUT2D eigenvalue weighted by atomic mass is 9.68. The minimum atomic E-state index is 0.272. The molecule has 1 aliphatic carbocycles. The second kappa shape index (κ2) is 7.48. The van der Waals surface area contributed by atoms with Gasteiger partial charge in [-0.2, -0.15) is 0 Å². The van der Waals surface area contributed by atoms with Gasteiger partial charge in [0.15, 0.2) is 23.0 Å². The zero-order valence-electron chi connectivity index (χ0n) is 16.5. The Morgan fingerprint density at radius 3 is 1.92 bits per heavy atom. The lowest BCUT2D eigenvalue weighted by molar-refractivity contribution is 0.316. The maximum absolute atomic E-state index is 5.56. The molecular weight excluding hydrogens is 328 g/mol. The molecule has 2 aromatic rings. The van der Waals surface area contributed by atoms with Crippen molar-refractivity contribution < 1.29 is 18.9 Å². The van der Waals surface area contributed by atoms with Gasteiger partial charge < -0.3 is 18.9 Å². The van der Waals surface area contributed by atoms with E-state index in [1.54, 1.807) is 28.4 Å². The summed E-state index contributed by atoms with van der Waals surface area (Å²) in [5.74, 6) is 4.42. The van der Waals surface area contributed by atoms with Crippen LogP contribution in [0.15, 0.2) is 30.3 Å². The monoisotopic (exact) mass is 356 g/mol. The fourth-order valence-corrected chi connectivity index (χ4v) is 4.08. The van der Waals surface area contributed by atoms with Gasteiger partial charge in [0.05, 0.1) is 28.4 Å². The second-order valence-electron chi connectivity index (χ2n) is 7.04. The topological polar surface area (TPSA) is 36.9 Å². The number of ether oxygens (including phenoxy) is 4. The van der Waals surface area contributed by atoms with Gasteiger partial charge in [0.2, 0.25) is 0 Å². The van der Waals surface area contributed by atoms with Crippen LogP contribution in [0.2, 0.25) is 0 Å². The van der Waals surface area contributed by atoms with Crippen molar-refractivity contribution in [1.82, 2.24) is 0 Å². The molecule has 0 amide bonds. The van der Waals surface area contributed by atoms with E-state index in [0.29, 0.717) is 11.8 Å². The molecule has 0 unspecified atom stereocenters. The molecule has 0 spiro atoms. The molecule has 0 radical (unpaired) electrons. The maximum atomic E-state index is 5.56. The van der Waals surface area contributed by atoms with Gasteiger partial charge in [0.25, 0.3) is 0 Å². The third-order valence-electron chi connectivity index (χ3n) is 5.71. The van der Waals surface area contributed by atoms with Gasteiger partial charge >= 0.3 is 0 Å². The molecular formula is C22H28O4. The Morgan fingerprint density at radius 1 is 0.731 bits per heavy atom. The third kappa shape index (κ3) is 3.09. The first-order chi connectivity index (χ1) is 12.5. The van der Waals surface area contributed by atoms with E-state index in [2.05, 4.69) is 38.1 Å². The highest BCUT2D eigenvalue weighted by molar-refractivity contribution is 5.54. The Morgan fingerprint density at radius 2 is 1.31 bits per heavy atom. The molecule has 4 heteroatoms. The van der Waals surface area contributed by atoms with Gasteiger partial charge in [0, 0.05) is 5.92 Å². The van der Waals surface area contributed by atoms with Crippen LogP contribution in [-0.4, -0.2) is 28.4 Å². The standard InChI is InChI=1S/C22H28O4/c1-13-9-16-11-20(25-5)21(26-6)12-17(16)22(14(13)2)15-7-8-18(23-3)19(10-15)24-4/h7-8,10-14,22H,9H2,1-6H3/t13-,14+,22+/m0/s1. The van der Waals surface area contributed by atoms with Crippen LogP contribution in [0.3, 0.4) is 0 Å². The second-order valence-corrected chi connectivity index (χ2v) is 7.04. The summed E-state index contributed by atoms with van der Waals surface area (Å²) in [4.78, 5) is 0. The van der Waals surface area contributed by atoms with Crippen LogP contribution in [0.5, 0.6) is 23.0 Å². The first-order valence-electron chi connectivity index (χ1n) is 9.00. The van der Waals surface area contributed by atoms with Crippen LogP contribution in [0.25, 0.3) is 0 Å². The number of benzene rings is 2. The molecule has 0 aromatic heterocycles. The Bertz CT molecular complexity index is 784. The predicted molar refractivity (Wildman–Crippen MR) is 103 cm³/mol. The van der Waals surface area contributed by atoms with Crippen LogP contribution in [0.4, 0.5) is 0 Å². The molecule has 3 atom stereocenters. The number of rotatable bonds is 5. The summed E-state index contributed by atoms with van der Waals surface area (Å²) in [6.45, 7) is 4.64. The smallest absolute Gasteiger partial charge is 0.161 e.